The molecule has 1 aliphatic heterocycles. The van der Waals surface area contributed by atoms with Crippen molar-refractivity contribution in [1.82, 2.24) is 15.0 Å². The van der Waals surface area contributed by atoms with E-state index in [1.807, 2.05) is 84.9 Å². The Morgan fingerprint density at radius 1 is 0.589 bits per heavy atom. The van der Waals surface area contributed by atoms with Crippen LogP contribution in [0.25, 0.3) is 62.1 Å². The van der Waals surface area contributed by atoms with Crippen molar-refractivity contribution >= 4 is 16.8 Å². The van der Waals surface area contributed by atoms with Crippen LogP contribution in [-0.4, -0.2) is 22.1 Å². The first-order valence-corrected chi connectivity index (χ1v) is 18.7. The normalized spacial score (nSPS) is 16.1. The van der Waals surface area contributed by atoms with Crippen LogP contribution in [0.1, 0.15) is 41.7 Å². The summed E-state index contributed by atoms with van der Waals surface area (Å²) in [5, 5.41) is 2.08. The Labute approximate surface area is 324 Å². The third-order valence-electron chi connectivity index (χ3n) is 11.3. The van der Waals surface area contributed by atoms with E-state index < -0.39 is 11.0 Å². The van der Waals surface area contributed by atoms with Crippen molar-refractivity contribution < 1.29 is 13.9 Å². The molecule has 1 aromatic heterocycles. The van der Waals surface area contributed by atoms with Gasteiger partial charge in [-0.1, -0.05) is 147 Å². The third-order valence-corrected chi connectivity index (χ3v) is 11.3. The molecule has 0 fully saturated rings. The lowest BCUT2D eigenvalue weighted by Crippen LogP contribution is -2.35. The maximum Gasteiger partial charge on any atom is 0.178 e. The molecule has 0 saturated carbocycles. The molecule has 8 aromatic rings. The predicted octanol–water partition coefficient (Wildman–Crippen LogP) is 11.8. The second-order valence-electron chi connectivity index (χ2n) is 14.9. The van der Waals surface area contributed by atoms with Gasteiger partial charge in [-0.15, -0.1) is 0 Å². The van der Waals surface area contributed by atoms with Gasteiger partial charge in [0.1, 0.15) is 17.3 Å². The van der Waals surface area contributed by atoms with E-state index in [1.54, 1.807) is 19.2 Å². The van der Waals surface area contributed by atoms with E-state index in [9.17, 15) is 4.39 Å². The largest absolute Gasteiger partial charge is 0.497 e. The highest BCUT2D eigenvalue weighted by atomic mass is 19.1. The first-order chi connectivity index (χ1) is 27.3. The molecule has 0 amide bonds. The average molecular weight is 730 g/mol. The molecule has 5 nitrogen and oxygen atoms in total. The van der Waals surface area contributed by atoms with E-state index in [1.165, 1.54) is 0 Å². The van der Waals surface area contributed by atoms with E-state index in [2.05, 4.69) is 80.6 Å². The molecule has 0 bridgehead atoms. The minimum atomic E-state index is -1.000. The van der Waals surface area contributed by atoms with Gasteiger partial charge in [-0.3, -0.25) is 0 Å². The Hall–Kier alpha value is -6.92. The third kappa shape index (κ3) is 5.24. The molecule has 2 heterocycles. The molecule has 6 heteroatoms. The number of fused-ring (bicyclic) bond motifs is 8. The van der Waals surface area contributed by atoms with Crippen LogP contribution in [0, 0.1) is 5.82 Å². The van der Waals surface area contributed by atoms with Gasteiger partial charge in [0.15, 0.2) is 23.1 Å². The zero-order valence-corrected chi connectivity index (χ0v) is 31.1. The maximum absolute atomic E-state index is 14.8. The van der Waals surface area contributed by atoms with E-state index in [0.29, 0.717) is 17.5 Å². The predicted molar refractivity (Wildman–Crippen MR) is 221 cm³/mol. The standard InChI is InChI=1S/C50H36FN3O2/c1-49(2)42-30-36(51)24-27-40(42)43-38-16-10-11-17-39(38)45-41(44(43)49)28-29-50(56-45,35-22-25-37(55-3)26-23-35)34-20-18-33(19-21-34)48-53-46(31-12-6-4-7-13-31)52-47(54-48)32-14-8-5-9-15-32/h4-30H,1-3H3. The molecule has 7 aromatic carbocycles. The number of nitrogens with zero attached hydrogens (tertiary/aromatic N) is 3. The fourth-order valence-electron chi connectivity index (χ4n) is 8.53. The molecule has 10 rings (SSSR count). The summed E-state index contributed by atoms with van der Waals surface area (Å²) in [7, 11) is 1.67. The quantitative estimate of drug-likeness (QED) is 0.171. The van der Waals surface area contributed by atoms with Gasteiger partial charge < -0.3 is 9.47 Å². The summed E-state index contributed by atoms with van der Waals surface area (Å²) in [4.78, 5) is 14.8. The minimum absolute atomic E-state index is 0.235. The molecule has 0 saturated heterocycles. The van der Waals surface area contributed by atoms with Crippen molar-refractivity contribution in [2.45, 2.75) is 24.9 Å². The molecule has 1 aliphatic carbocycles. The molecular formula is C50H36FN3O2. The summed E-state index contributed by atoms with van der Waals surface area (Å²) in [6, 6.07) is 49.9. The highest BCUT2D eigenvalue weighted by Gasteiger charge is 2.44. The van der Waals surface area contributed by atoms with Crippen LogP contribution >= 0.6 is 0 Å². The molecule has 0 radical (unpaired) electrons. The van der Waals surface area contributed by atoms with Crippen molar-refractivity contribution in [1.29, 1.82) is 0 Å². The van der Waals surface area contributed by atoms with Gasteiger partial charge in [-0.05, 0) is 58.0 Å². The number of benzene rings is 7. The fourth-order valence-corrected chi connectivity index (χ4v) is 8.53. The van der Waals surface area contributed by atoms with Crippen LogP contribution in [0.3, 0.4) is 0 Å². The van der Waals surface area contributed by atoms with Gasteiger partial charge in [0.2, 0.25) is 0 Å². The highest BCUT2D eigenvalue weighted by Crippen LogP contribution is 2.58. The van der Waals surface area contributed by atoms with Gasteiger partial charge in [0.05, 0.1) is 7.11 Å². The number of aromatic nitrogens is 3. The van der Waals surface area contributed by atoms with Crippen molar-refractivity contribution in [3.8, 4) is 56.8 Å². The average Bonchev–Trinajstić information content (AvgIpc) is 3.49. The number of rotatable bonds is 6. The monoisotopic (exact) mass is 729 g/mol. The SMILES string of the molecule is COc1ccc(C2(c3ccc(-c4nc(-c5ccccc5)nc(-c5ccccc5)n4)cc3)C=Cc3c4c(c5ccccc5c3O2)-c2ccc(F)cc2C4(C)C)cc1. The molecular weight excluding hydrogens is 694 g/mol. The van der Waals surface area contributed by atoms with Crippen LogP contribution in [0.15, 0.2) is 158 Å². The van der Waals surface area contributed by atoms with E-state index in [-0.39, 0.29) is 5.82 Å². The lowest BCUT2D eigenvalue weighted by molar-refractivity contribution is 0.163. The van der Waals surface area contributed by atoms with Crippen LogP contribution in [-0.2, 0) is 11.0 Å². The first-order valence-electron chi connectivity index (χ1n) is 18.7. The Balaban J connectivity index is 1.14. The molecule has 1 unspecified atom stereocenters. The van der Waals surface area contributed by atoms with Crippen molar-refractivity contribution in [3.05, 3.63) is 191 Å². The highest BCUT2D eigenvalue weighted by molar-refractivity contribution is 6.08. The van der Waals surface area contributed by atoms with Crippen LogP contribution in [0.5, 0.6) is 11.5 Å². The summed E-state index contributed by atoms with van der Waals surface area (Å²) >= 11 is 0. The molecule has 0 spiro atoms. The summed E-state index contributed by atoms with van der Waals surface area (Å²) in [6.07, 6.45) is 4.36. The number of hydrogen-bond acceptors (Lipinski definition) is 5. The van der Waals surface area contributed by atoms with E-state index in [4.69, 9.17) is 24.4 Å². The van der Waals surface area contributed by atoms with Crippen molar-refractivity contribution in [2.24, 2.45) is 0 Å². The lowest BCUT2D eigenvalue weighted by atomic mass is 9.76. The molecule has 0 N–H and O–H groups in total. The zero-order chi connectivity index (χ0) is 38.0. The summed E-state index contributed by atoms with van der Waals surface area (Å²) in [6.45, 7) is 4.36. The second-order valence-corrected chi connectivity index (χ2v) is 14.9. The van der Waals surface area contributed by atoms with Crippen molar-refractivity contribution in [3.63, 3.8) is 0 Å². The van der Waals surface area contributed by atoms with E-state index >= 15 is 0 Å². The van der Waals surface area contributed by atoms with Gasteiger partial charge in [-0.25, -0.2) is 19.3 Å². The van der Waals surface area contributed by atoms with Crippen LogP contribution in [0.2, 0.25) is 0 Å². The maximum atomic E-state index is 14.8. The Morgan fingerprint density at radius 3 is 1.71 bits per heavy atom. The number of methoxy groups -OCH3 is 1. The number of halogens is 1. The van der Waals surface area contributed by atoms with Crippen molar-refractivity contribution in [2.75, 3.05) is 7.11 Å². The Bertz CT molecular complexity index is 2780. The topological polar surface area (TPSA) is 57.1 Å². The fraction of sp³-hybridized carbons (Fsp3) is 0.100. The van der Waals surface area contributed by atoms with Gasteiger partial charge in [-0.2, -0.15) is 0 Å². The molecule has 56 heavy (non-hydrogen) atoms. The summed E-state index contributed by atoms with van der Waals surface area (Å²) in [5.74, 6) is 3.11. The van der Waals surface area contributed by atoms with Gasteiger partial charge in [0.25, 0.3) is 0 Å². The Kier molecular flexibility index (Phi) is 7.72. The van der Waals surface area contributed by atoms with Gasteiger partial charge >= 0.3 is 0 Å². The summed E-state index contributed by atoms with van der Waals surface area (Å²) in [5.41, 5.74) is 8.42. The Morgan fingerprint density at radius 2 is 1.12 bits per heavy atom. The van der Waals surface area contributed by atoms with Crippen LogP contribution in [0.4, 0.5) is 4.39 Å². The van der Waals surface area contributed by atoms with Crippen LogP contribution < -0.4 is 9.47 Å². The number of hydrogen-bond donors (Lipinski definition) is 0. The molecule has 1 atom stereocenters. The zero-order valence-electron chi connectivity index (χ0n) is 31.1. The lowest BCUT2D eigenvalue weighted by Gasteiger charge is -2.38. The number of ether oxygens (including phenoxy) is 2. The molecule has 270 valence electrons. The van der Waals surface area contributed by atoms with Gasteiger partial charge in [0, 0.05) is 44.2 Å². The summed E-state index contributed by atoms with van der Waals surface area (Å²) < 4.78 is 27.8. The second kappa shape index (κ2) is 12.8. The minimum Gasteiger partial charge on any atom is -0.497 e. The first kappa shape index (κ1) is 33.6. The molecule has 2 aliphatic rings. The smallest absolute Gasteiger partial charge is 0.178 e. The van der Waals surface area contributed by atoms with E-state index in [0.717, 1.165) is 77.9 Å².